The minimum atomic E-state index is -0.625. The maximum Gasteiger partial charge on any atom is 0.253 e. The summed E-state index contributed by atoms with van der Waals surface area (Å²) in [5.74, 6) is -0.228. The zero-order valence-electron chi connectivity index (χ0n) is 14.4. The highest BCUT2D eigenvalue weighted by Gasteiger charge is 2.47. The minimum absolute atomic E-state index is 0.228. The number of carbonyl (C=O) groups excluding carboxylic acids is 1. The quantitative estimate of drug-likeness (QED) is 0.842. The molecule has 138 valence electrons. The fraction of sp³-hybridized carbons (Fsp3) is 0.611. The van der Waals surface area contributed by atoms with Crippen LogP contribution in [0.4, 0.5) is 0 Å². The van der Waals surface area contributed by atoms with Crippen molar-refractivity contribution in [1.82, 2.24) is 19.9 Å². The van der Waals surface area contributed by atoms with E-state index >= 15 is 0 Å². The van der Waals surface area contributed by atoms with E-state index in [0.29, 0.717) is 18.2 Å². The minimum Gasteiger partial charge on any atom is -0.388 e. The molecule has 4 atom stereocenters. The van der Waals surface area contributed by atoms with Crippen molar-refractivity contribution in [2.75, 3.05) is 13.2 Å². The van der Waals surface area contributed by atoms with E-state index in [1.54, 1.807) is 12.3 Å². The van der Waals surface area contributed by atoms with Gasteiger partial charge in [0.25, 0.3) is 5.91 Å². The number of carbonyl (C=O) groups is 1. The van der Waals surface area contributed by atoms with Crippen LogP contribution in [0, 0.1) is 0 Å². The summed E-state index contributed by atoms with van der Waals surface area (Å²) in [6.07, 6.45) is 6.95. The summed E-state index contributed by atoms with van der Waals surface area (Å²) in [7, 11) is 0. The van der Waals surface area contributed by atoms with Gasteiger partial charge in [-0.15, -0.1) is 0 Å². The molecule has 0 bridgehead atoms. The number of nitrogens with one attached hydrogen (secondary N) is 1. The van der Waals surface area contributed by atoms with Gasteiger partial charge in [-0.05, 0) is 18.9 Å². The number of aromatic nitrogens is 3. The third-order valence-electron chi connectivity index (χ3n) is 5.74. The van der Waals surface area contributed by atoms with Crippen LogP contribution < -0.4 is 5.32 Å². The third kappa shape index (κ3) is 2.60. The normalized spacial score (nSPS) is 31.6. The molecule has 0 aromatic carbocycles. The highest BCUT2D eigenvalue weighted by Crippen LogP contribution is 2.31. The molecule has 2 aromatic heterocycles. The summed E-state index contributed by atoms with van der Waals surface area (Å²) in [4.78, 5) is 21.6. The van der Waals surface area contributed by atoms with Crippen molar-refractivity contribution in [1.29, 1.82) is 0 Å². The molecule has 0 unspecified atom stereocenters. The van der Waals surface area contributed by atoms with Crippen molar-refractivity contribution < 1.29 is 19.4 Å². The summed E-state index contributed by atoms with van der Waals surface area (Å²) < 4.78 is 13.2. The number of hydrogen-bond acceptors (Lipinski definition) is 6. The first kappa shape index (κ1) is 16.2. The van der Waals surface area contributed by atoms with E-state index < -0.39 is 6.10 Å². The van der Waals surface area contributed by atoms with Crippen LogP contribution in [0.3, 0.4) is 0 Å². The van der Waals surface area contributed by atoms with Crippen LogP contribution in [-0.2, 0) is 9.47 Å². The molecule has 2 aromatic rings. The molecule has 3 aliphatic rings. The molecule has 1 aliphatic carbocycles. The molecule has 2 saturated heterocycles. The number of fused-ring (bicyclic) bond motifs is 2. The van der Waals surface area contributed by atoms with E-state index in [0.717, 1.165) is 24.0 Å². The molecule has 4 heterocycles. The Labute approximate surface area is 150 Å². The van der Waals surface area contributed by atoms with Crippen LogP contribution in [0.5, 0.6) is 0 Å². The number of rotatable bonds is 3. The largest absolute Gasteiger partial charge is 0.388 e. The van der Waals surface area contributed by atoms with Gasteiger partial charge in [0.2, 0.25) is 0 Å². The molecule has 8 heteroatoms. The van der Waals surface area contributed by atoms with Gasteiger partial charge < -0.3 is 24.5 Å². The van der Waals surface area contributed by atoms with Crippen LogP contribution in [0.15, 0.2) is 18.6 Å². The Bertz CT molecular complexity index is 832. The molecule has 8 nitrogen and oxygen atoms in total. The van der Waals surface area contributed by atoms with Gasteiger partial charge in [-0.3, -0.25) is 4.79 Å². The molecule has 5 rings (SSSR count). The van der Waals surface area contributed by atoms with E-state index in [9.17, 15) is 9.90 Å². The fourth-order valence-electron chi connectivity index (χ4n) is 4.35. The third-order valence-corrected chi connectivity index (χ3v) is 5.74. The number of nitrogens with zero attached hydrogens (tertiary/aromatic N) is 3. The van der Waals surface area contributed by atoms with Crippen LogP contribution in [0.25, 0.3) is 11.2 Å². The smallest absolute Gasteiger partial charge is 0.253 e. The maximum atomic E-state index is 12.6. The van der Waals surface area contributed by atoms with E-state index in [4.69, 9.17) is 9.47 Å². The Morgan fingerprint density at radius 2 is 2.00 bits per heavy atom. The molecule has 0 spiro atoms. The number of imidazole rings is 1. The van der Waals surface area contributed by atoms with Crippen LogP contribution >= 0.6 is 0 Å². The van der Waals surface area contributed by atoms with Crippen LogP contribution in [-0.4, -0.2) is 63.1 Å². The van der Waals surface area contributed by atoms with E-state index in [-0.39, 0.29) is 30.8 Å². The first-order valence-electron chi connectivity index (χ1n) is 9.25. The van der Waals surface area contributed by atoms with Gasteiger partial charge >= 0.3 is 0 Å². The Morgan fingerprint density at radius 1 is 1.19 bits per heavy atom. The lowest BCUT2D eigenvalue weighted by molar-refractivity contribution is 0.0178. The molecule has 1 amide bonds. The lowest BCUT2D eigenvalue weighted by atomic mass is 10.1. The fourth-order valence-corrected chi connectivity index (χ4v) is 4.35. The van der Waals surface area contributed by atoms with Gasteiger partial charge in [0.15, 0.2) is 5.65 Å². The second-order valence-electron chi connectivity index (χ2n) is 7.40. The van der Waals surface area contributed by atoms with Crippen molar-refractivity contribution in [3.05, 3.63) is 24.2 Å². The zero-order valence-corrected chi connectivity index (χ0v) is 14.4. The van der Waals surface area contributed by atoms with Crippen molar-refractivity contribution in [3.8, 4) is 0 Å². The summed E-state index contributed by atoms with van der Waals surface area (Å²) in [6, 6.07) is 1.97. The van der Waals surface area contributed by atoms with Gasteiger partial charge in [-0.2, -0.15) is 0 Å². The Balaban J connectivity index is 1.33. The monoisotopic (exact) mass is 358 g/mol. The lowest BCUT2D eigenvalue weighted by Gasteiger charge is -2.17. The van der Waals surface area contributed by atoms with Gasteiger partial charge in [0, 0.05) is 12.2 Å². The summed E-state index contributed by atoms with van der Waals surface area (Å²) >= 11 is 0. The number of aliphatic hydroxyl groups is 1. The van der Waals surface area contributed by atoms with Crippen LogP contribution in [0.2, 0.25) is 0 Å². The van der Waals surface area contributed by atoms with Gasteiger partial charge in [0.1, 0.15) is 23.8 Å². The predicted octanol–water partition coefficient (Wildman–Crippen LogP) is 0.803. The lowest BCUT2D eigenvalue weighted by Crippen LogP contribution is -2.44. The summed E-state index contributed by atoms with van der Waals surface area (Å²) in [5, 5.41) is 12.7. The molecular formula is C18H22N4O4. The second kappa shape index (κ2) is 6.29. The maximum absolute atomic E-state index is 12.6. The first-order chi connectivity index (χ1) is 12.7. The number of ether oxygens (including phenoxy) is 2. The SMILES string of the molecule is O=C(N[C@H]1CO[C@H]2[C@@H]1OC[C@H]2O)c1cnc2c(c1)ncn2C1CCCC1. The van der Waals surface area contributed by atoms with E-state index in [1.807, 2.05) is 6.33 Å². The average Bonchev–Trinajstić information content (AvgIpc) is 3.40. The van der Waals surface area contributed by atoms with E-state index in [1.165, 1.54) is 12.8 Å². The Morgan fingerprint density at radius 3 is 2.85 bits per heavy atom. The zero-order chi connectivity index (χ0) is 17.7. The molecule has 2 N–H and O–H groups in total. The molecule has 3 fully saturated rings. The molecule has 1 saturated carbocycles. The van der Waals surface area contributed by atoms with Crippen molar-refractivity contribution in [3.63, 3.8) is 0 Å². The number of hydrogen-bond donors (Lipinski definition) is 2. The number of amides is 1. The molecule has 0 radical (unpaired) electrons. The Hall–Kier alpha value is -2.03. The topological polar surface area (TPSA) is 98.5 Å². The number of aliphatic hydroxyl groups excluding tert-OH is 1. The van der Waals surface area contributed by atoms with Gasteiger partial charge in [0.05, 0.1) is 31.1 Å². The van der Waals surface area contributed by atoms with Crippen LogP contribution in [0.1, 0.15) is 42.1 Å². The first-order valence-corrected chi connectivity index (χ1v) is 9.25. The van der Waals surface area contributed by atoms with Gasteiger partial charge in [-0.25, -0.2) is 9.97 Å². The highest BCUT2D eigenvalue weighted by atomic mass is 16.6. The average molecular weight is 358 g/mol. The highest BCUT2D eigenvalue weighted by molar-refractivity contribution is 5.96. The summed E-state index contributed by atoms with van der Waals surface area (Å²) in [5.41, 5.74) is 2.04. The predicted molar refractivity (Wildman–Crippen MR) is 91.8 cm³/mol. The molecular weight excluding hydrogens is 336 g/mol. The van der Waals surface area contributed by atoms with E-state index in [2.05, 4.69) is 19.9 Å². The summed E-state index contributed by atoms with van der Waals surface area (Å²) in [6.45, 7) is 0.581. The van der Waals surface area contributed by atoms with Crippen molar-refractivity contribution >= 4 is 17.1 Å². The molecule has 26 heavy (non-hydrogen) atoms. The Kier molecular flexibility index (Phi) is 3.91. The van der Waals surface area contributed by atoms with Crippen molar-refractivity contribution in [2.45, 2.75) is 56.1 Å². The number of pyridine rings is 1. The van der Waals surface area contributed by atoms with Gasteiger partial charge in [-0.1, -0.05) is 12.8 Å². The molecule has 2 aliphatic heterocycles. The second-order valence-corrected chi connectivity index (χ2v) is 7.40. The van der Waals surface area contributed by atoms with Crippen molar-refractivity contribution in [2.24, 2.45) is 0 Å². The standard InChI is InChI=1S/C18H22N4O4/c23-14-8-26-15-13(7-25-16(14)15)21-18(24)10-5-12-17(19-6-10)22(9-20-12)11-3-1-2-4-11/h5-6,9,11,13-16,23H,1-4,7-8H2,(H,21,24)/t13-,14+,15+,16+/m0/s1.